The normalized spacial score (nSPS) is 11.5. The highest BCUT2D eigenvalue weighted by molar-refractivity contribution is 7.90. The summed E-state index contributed by atoms with van der Waals surface area (Å²) in [6, 6.07) is 11.9. The predicted octanol–water partition coefficient (Wildman–Crippen LogP) is 3.61. The van der Waals surface area contributed by atoms with Crippen LogP contribution in [0.4, 0.5) is 10.1 Å². The fourth-order valence-corrected chi connectivity index (χ4v) is 4.15. The third kappa shape index (κ3) is 3.47. The maximum Gasteiger partial charge on any atom is 0.267 e. The van der Waals surface area contributed by atoms with E-state index in [1.54, 1.807) is 24.4 Å². The Kier molecular flexibility index (Phi) is 4.59. The number of methoxy groups -OCH3 is 1. The number of hydrogen-bond acceptors (Lipinski definition) is 4. The number of carbonyl (C=O) groups is 1. The summed E-state index contributed by atoms with van der Waals surface area (Å²) in [7, 11) is -2.52. The Morgan fingerprint density at radius 1 is 1.14 bits per heavy atom. The van der Waals surface area contributed by atoms with E-state index in [0.29, 0.717) is 0 Å². The summed E-state index contributed by atoms with van der Waals surface area (Å²) in [4.78, 5) is 15.5. The van der Waals surface area contributed by atoms with E-state index in [1.165, 1.54) is 43.8 Å². The first-order chi connectivity index (χ1) is 13.9. The maximum atomic E-state index is 13.8. The Hall–Kier alpha value is -3.59. The van der Waals surface area contributed by atoms with E-state index in [2.05, 4.69) is 10.3 Å². The molecule has 2 N–H and O–H groups in total. The molecule has 0 aliphatic heterocycles. The molecule has 148 valence electrons. The number of ether oxygens (including phenoxy) is 1. The van der Waals surface area contributed by atoms with Gasteiger partial charge in [0.15, 0.2) is 11.6 Å². The van der Waals surface area contributed by atoms with Gasteiger partial charge in [0.05, 0.1) is 17.6 Å². The van der Waals surface area contributed by atoms with Crippen molar-refractivity contribution in [2.45, 2.75) is 4.90 Å². The molecular weight excluding hydrogens is 397 g/mol. The molecule has 4 aromatic rings. The number of aromatic amines is 1. The molecule has 2 aromatic heterocycles. The molecule has 4 rings (SSSR count). The average Bonchev–Trinajstić information content (AvgIpc) is 3.37. The molecule has 7 nitrogen and oxygen atoms in total. The number of fused-ring (bicyclic) bond motifs is 1. The number of rotatable bonds is 5. The van der Waals surface area contributed by atoms with Crippen LogP contribution in [0.3, 0.4) is 0 Å². The Labute approximate surface area is 165 Å². The summed E-state index contributed by atoms with van der Waals surface area (Å²) in [5.41, 5.74) is 1.16. The van der Waals surface area contributed by atoms with Gasteiger partial charge in [-0.3, -0.25) is 4.79 Å². The van der Waals surface area contributed by atoms with Gasteiger partial charge in [-0.15, -0.1) is 0 Å². The van der Waals surface area contributed by atoms with Gasteiger partial charge >= 0.3 is 0 Å². The van der Waals surface area contributed by atoms with E-state index < -0.39 is 21.7 Å². The number of hydrogen-bond donors (Lipinski definition) is 2. The number of H-pyrrole nitrogens is 1. The zero-order chi connectivity index (χ0) is 20.6. The van der Waals surface area contributed by atoms with Gasteiger partial charge in [0.2, 0.25) is 0 Å². The molecule has 0 fully saturated rings. The largest absolute Gasteiger partial charge is 0.494 e. The lowest BCUT2D eigenvalue weighted by Gasteiger charge is -2.07. The van der Waals surface area contributed by atoms with Gasteiger partial charge in [0.1, 0.15) is 0 Å². The van der Waals surface area contributed by atoms with Crippen molar-refractivity contribution in [3.05, 3.63) is 78.5 Å². The van der Waals surface area contributed by atoms with Crippen molar-refractivity contribution in [1.29, 1.82) is 0 Å². The van der Waals surface area contributed by atoms with Gasteiger partial charge in [-0.1, -0.05) is 0 Å². The second-order valence-electron chi connectivity index (χ2n) is 6.27. The molecule has 1 amide bonds. The van der Waals surface area contributed by atoms with Crippen LogP contribution >= 0.6 is 0 Å². The Bertz CT molecular complexity index is 1320. The fourth-order valence-electron chi connectivity index (χ4n) is 2.92. The molecule has 0 saturated heterocycles. The minimum absolute atomic E-state index is 0.0552. The highest BCUT2D eigenvalue weighted by Crippen LogP contribution is 2.23. The number of nitrogens with one attached hydrogen (secondary N) is 2. The van der Waals surface area contributed by atoms with E-state index in [1.807, 2.05) is 0 Å². The lowest BCUT2D eigenvalue weighted by Crippen LogP contribution is -2.13. The second kappa shape index (κ2) is 7.10. The molecule has 0 radical (unpaired) electrons. The van der Waals surface area contributed by atoms with E-state index >= 15 is 0 Å². The standard InChI is InChI=1S/C20H16FN3O4S/c1-28-19-5-2-15(11-17(19)21)23-20(25)14-7-9-24(12-14)29(26,27)16-3-4-18-13(10-16)6-8-22-18/h2-12,22H,1H3,(H,23,25). The third-order valence-electron chi connectivity index (χ3n) is 4.44. The molecule has 0 bridgehead atoms. The zero-order valence-corrected chi connectivity index (χ0v) is 16.0. The minimum Gasteiger partial charge on any atom is -0.494 e. The molecule has 9 heteroatoms. The monoisotopic (exact) mass is 413 g/mol. The molecule has 0 atom stereocenters. The number of anilines is 1. The first-order valence-electron chi connectivity index (χ1n) is 8.54. The second-order valence-corrected chi connectivity index (χ2v) is 8.11. The van der Waals surface area contributed by atoms with Crippen molar-refractivity contribution >= 4 is 32.5 Å². The van der Waals surface area contributed by atoms with Gasteiger partial charge in [0, 0.05) is 41.2 Å². The third-order valence-corrected chi connectivity index (χ3v) is 6.07. The lowest BCUT2D eigenvalue weighted by atomic mass is 10.2. The van der Waals surface area contributed by atoms with Crippen molar-refractivity contribution in [1.82, 2.24) is 8.96 Å². The van der Waals surface area contributed by atoms with Crippen LogP contribution in [-0.4, -0.2) is 30.4 Å². The summed E-state index contributed by atoms with van der Waals surface area (Å²) < 4.78 is 45.3. The van der Waals surface area contributed by atoms with Crippen LogP contribution in [0.25, 0.3) is 10.9 Å². The number of aromatic nitrogens is 2. The van der Waals surface area contributed by atoms with E-state index in [0.717, 1.165) is 20.9 Å². The Morgan fingerprint density at radius 3 is 2.72 bits per heavy atom. The van der Waals surface area contributed by atoms with Crippen LogP contribution in [-0.2, 0) is 10.0 Å². The molecule has 29 heavy (non-hydrogen) atoms. The van der Waals surface area contributed by atoms with Gasteiger partial charge in [0.25, 0.3) is 15.9 Å². The number of amides is 1. The van der Waals surface area contributed by atoms with Gasteiger partial charge in [-0.25, -0.2) is 16.8 Å². The van der Waals surface area contributed by atoms with E-state index in [-0.39, 0.29) is 21.9 Å². The first-order valence-corrected chi connectivity index (χ1v) is 9.98. The zero-order valence-electron chi connectivity index (χ0n) is 15.2. The van der Waals surface area contributed by atoms with Gasteiger partial charge in [-0.2, -0.15) is 0 Å². The van der Waals surface area contributed by atoms with Crippen LogP contribution in [0.5, 0.6) is 5.75 Å². The molecule has 0 unspecified atom stereocenters. The summed E-state index contributed by atoms with van der Waals surface area (Å²) in [6.07, 6.45) is 4.23. The number of benzene rings is 2. The van der Waals surface area contributed by atoms with Crippen LogP contribution in [0.1, 0.15) is 10.4 Å². The van der Waals surface area contributed by atoms with Crippen molar-refractivity contribution in [3.8, 4) is 5.75 Å². The number of carbonyl (C=O) groups excluding carboxylic acids is 1. The average molecular weight is 413 g/mol. The first kappa shape index (κ1) is 18.8. The fraction of sp³-hybridized carbons (Fsp3) is 0.0500. The summed E-state index contributed by atoms with van der Waals surface area (Å²) in [5, 5.41) is 3.29. The molecule has 2 heterocycles. The summed E-state index contributed by atoms with van der Waals surface area (Å²) in [5.74, 6) is -1.13. The molecule has 0 aliphatic carbocycles. The molecule has 0 spiro atoms. The Morgan fingerprint density at radius 2 is 1.97 bits per heavy atom. The molecule has 2 aromatic carbocycles. The van der Waals surface area contributed by atoms with Crippen LogP contribution in [0.15, 0.2) is 72.0 Å². The van der Waals surface area contributed by atoms with Gasteiger partial charge < -0.3 is 15.0 Å². The quantitative estimate of drug-likeness (QED) is 0.523. The summed E-state index contributed by atoms with van der Waals surface area (Å²) >= 11 is 0. The summed E-state index contributed by atoms with van der Waals surface area (Å²) in [6.45, 7) is 0. The minimum atomic E-state index is -3.86. The molecule has 0 saturated carbocycles. The van der Waals surface area contributed by atoms with Gasteiger partial charge in [-0.05, 0) is 42.5 Å². The smallest absolute Gasteiger partial charge is 0.267 e. The van der Waals surface area contributed by atoms with E-state index in [4.69, 9.17) is 4.74 Å². The number of halogens is 1. The van der Waals surface area contributed by atoms with Crippen LogP contribution in [0.2, 0.25) is 0 Å². The topological polar surface area (TPSA) is 93.2 Å². The van der Waals surface area contributed by atoms with Crippen LogP contribution in [0, 0.1) is 5.82 Å². The highest BCUT2D eigenvalue weighted by Gasteiger charge is 2.19. The van der Waals surface area contributed by atoms with Crippen molar-refractivity contribution in [2.24, 2.45) is 0 Å². The van der Waals surface area contributed by atoms with Crippen molar-refractivity contribution in [2.75, 3.05) is 12.4 Å². The van der Waals surface area contributed by atoms with Crippen LogP contribution < -0.4 is 10.1 Å². The highest BCUT2D eigenvalue weighted by atomic mass is 32.2. The van der Waals surface area contributed by atoms with Crippen molar-refractivity contribution < 1.29 is 22.3 Å². The Balaban J connectivity index is 1.58. The SMILES string of the molecule is COc1ccc(NC(=O)c2ccn(S(=O)(=O)c3ccc4[nH]ccc4c3)c2)cc1F. The maximum absolute atomic E-state index is 13.8. The number of nitrogens with zero attached hydrogens (tertiary/aromatic N) is 1. The molecular formula is C20H16FN3O4S. The molecule has 0 aliphatic rings. The predicted molar refractivity (Wildman–Crippen MR) is 106 cm³/mol. The van der Waals surface area contributed by atoms with E-state index in [9.17, 15) is 17.6 Å². The lowest BCUT2D eigenvalue weighted by molar-refractivity contribution is 0.102. The van der Waals surface area contributed by atoms with Crippen molar-refractivity contribution in [3.63, 3.8) is 0 Å².